The predicted octanol–water partition coefficient (Wildman–Crippen LogP) is 1.08. The van der Waals surface area contributed by atoms with Crippen molar-refractivity contribution >= 4 is 17.5 Å². The van der Waals surface area contributed by atoms with Gasteiger partial charge in [-0.05, 0) is 42.4 Å². The molecule has 6 N–H and O–H groups in total. The van der Waals surface area contributed by atoms with Crippen molar-refractivity contribution in [3.05, 3.63) is 51.5 Å². The van der Waals surface area contributed by atoms with Crippen LogP contribution in [-0.4, -0.2) is 56.7 Å². The molecule has 0 saturated carbocycles. The van der Waals surface area contributed by atoms with Crippen LogP contribution in [0, 0.1) is 11.8 Å². The van der Waals surface area contributed by atoms with Crippen LogP contribution in [0.25, 0.3) is 0 Å². The van der Waals surface area contributed by atoms with E-state index in [0.29, 0.717) is 25.2 Å². The van der Waals surface area contributed by atoms with Crippen LogP contribution in [0.1, 0.15) is 46.7 Å². The van der Waals surface area contributed by atoms with Gasteiger partial charge in [-0.1, -0.05) is 6.07 Å². The average Bonchev–Trinajstić information content (AvgIpc) is 3.25. The van der Waals surface area contributed by atoms with E-state index >= 15 is 0 Å². The van der Waals surface area contributed by atoms with Crippen molar-refractivity contribution in [2.75, 3.05) is 13.2 Å². The Morgan fingerprint density at radius 1 is 1.12 bits per heavy atom. The lowest BCUT2D eigenvalue weighted by atomic mass is 9.60. The van der Waals surface area contributed by atoms with Gasteiger partial charge in [0.15, 0.2) is 11.4 Å². The van der Waals surface area contributed by atoms with E-state index in [1.807, 2.05) is 0 Å². The van der Waals surface area contributed by atoms with Gasteiger partial charge in [0.25, 0.3) is 5.91 Å². The smallest absolute Gasteiger partial charge is 0.255 e. The highest BCUT2D eigenvalue weighted by atomic mass is 16.5. The summed E-state index contributed by atoms with van der Waals surface area (Å²) >= 11 is 0. The van der Waals surface area contributed by atoms with Crippen LogP contribution in [0.3, 0.4) is 0 Å². The Kier molecular flexibility index (Phi) is 4.48. The fourth-order valence-corrected chi connectivity index (χ4v) is 5.81. The molecule has 0 bridgehead atoms. The number of aliphatic hydroxyl groups excluding tert-OH is 2. The average molecular weight is 441 g/mol. The molecule has 4 aliphatic rings. The first-order valence-corrected chi connectivity index (χ1v) is 10.6. The van der Waals surface area contributed by atoms with Crippen molar-refractivity contribution in [3.63, 3.8) is 0 Å². The third kappa shape index (κ3) is 2.61. The lowest BCUT2D eigenvalue weighted by Crippen LogP contribution is -2.57. The topological polar surface area (TPSA) is 167 Å². The van der Waals surface area contributed by atoms with Gasteiger partial charge in [0.05, 0.1) is 12.2 Å². The summed E-state index contributed by atoms with van der Waals surface area (Å²) in [5.74, 6) is -6.09. The van der Waals surface area contributed by atoms with E-state index in [9.17, 15) is 34.8 Å². The number of allylic oxidation sites excluding steroid dienone is 2. The number of hydrogen-bond donors (Lipinski definition) is 5. The molecule has 1 unspecified atom stereocenters. The molecule has 4 atom stereocenters. The number of phenolic OH excluding ortho intramolecular Hbond substituents is 1. The maximum absolute atomic E-state index is 13.5. The number of nitrogens with two attached hydrogens (primary N) is 1. The molecule has 0 aromatic heterocycles. The number of Topliss-reactive ketones (excluding diaryl/α,β-unsaturated/α-hetero) is 2. The van der Waals surface area contributed by atoms with Crippen LogP contribution in [0.4, 0.5) is 0 Å². The van der Waals surface area contributed by atoms with E-state index in [0.717, 1.165) is 12.0 Å². The normalized spacial score (nSPS) is 32.0. The monoisotopic (exact) mass is 441 g/mol. The van der Waals surface area contributed by atoms with E-state index in [2.05, 4.69) is 0 Å². The minimum atomic E-state index is -2.54. The number of amides is 1. The molecule has 1 aliphatic heterocycles. The molecule has 168 valence electrons. The summed E-state index contributed by atoms with van der Waals surface area (Å²) < 4.78 is 5.48. The third-order valence-corrected chi connectivity index (χ3v) is 7.35. The summed E-state index contributed by atoms with van der Waals surface area (Å²) in [6, 6.07) is 3.22. The van der Waals surface area contributed by atoms with Crippen LogP contribution in [0.5, 0.6) is 5.75 Å². The summed E-state index contributed by atoms with van der Waals surface area (Å²) in [5.41, 5.74) is 3.36. The predicted molar refractivity (Wildman–Crippen MR) is 109 cm³/mol. The minimum Gasteiger partial charge on any atom is -0.511 e. The van der Waals surface area contributed by atoms with E-state index < -0.39 is 52.0 Å². The molecular weight excluding hydrogens is 418 g/mol. The molecule has 0 radical (unpaired) electrons. The van der Waals surface area contributed by atoms with Gasteiger partial charge in [-0.25, -0.2) is 0 Å². The second-order valence-electron chi connectivity index (χ2n) is 9.00. The molecule has 1 aromatic carbocycles. The van der Waals surface area contributed by atoms with Crippen molar-refractivity contribution in [3.8, 4) is 5.75 Å². The standard InChI is InChI=1S/C23H23NO8/c24-22(30)18-15(26)7-11-5-10-6-13-12(9-3-4-32-8-9)1-2-14(25)17(13)19(27)16(10)20(28)23(11,31)21(18)29/h1-2,9-11,25-26,28,31H,3-8H2,(H2,24,30)/t9?,10-,11+,23+/m1/s1. The van der Waals surface area contributed by atoms with E-state index in [1.54, 1.807) is 6.07 Å². The molecule has 1 fully saturated rings. The molecule has 3 aliphatic carbocycles. The molecule has 1 amide bonds. The number of rotatable bonds is 2. The van der Waals surface area contributed by atoms with Crippen LogP contribution in [-0.2, 0) is 20.7 Å². The highest BCUT2D eigenvalue weighted by Crippen LogP contribution is 2.52. The van der Waals surface area contributed by atoms with Crippen LogP contribution < -0.4 is 5.73 Å². The Labute approximate surface area is 182 Å². The lowest BCUT2D eigenvalue weighted by Gasteiger charge is -2.45. The summed E-state index contributed by atoms with van der Waals surface area (Å²) in [6.45, 7) is 1.12. The molecule has 0 spiro atoms. The van der Waals surface area contributed by atoms with E-state index in [4.69, 9.17) is 10.5 Å². The number of fused-ring (bicyclic) bond motifs is 3. The lowest BCUT2D eigenvalue weighted by molar-refractivity contribution is -0.144. The van der Waals surface area contributed by atoms with Gasteiger partial charge in [0, 0.05) is 30.4 Å². The molecule has 5 rings (SSSR count). The van der Waals surface area contributed by atoms with Gasteiger partial charge in [-0.2, -0.15) is 0 Å². The zero-order chi connectivity index (χ0) is 22.9. The minimum absolute atomic E-state index is 0.0472. The second-order valence-corrected chi connectivity index (χ2v) is 9.00. The fraction of sp³-hybridized carbons (Fsp3) is 0.435. The Balaban J connectivity index is 1.66. The van der Waals surface area contributed by atoms with Gasteiger partial charge in [-0.15, -0.1) is 0 Å². The Hall–Kier alpha value is -3.17. The number of hydrogen-bond acceptors (Lipinski definition) is 8. The SMILES string of the molecule is NC(=O)C1=C(O)C[C@@H]2C[C@@H]3Cc4c(C5CCOC5)ccc(O)c4C(=O)C3=C(O)[C@]2(O)C1=O. The number of primary amides is 1. The third-order valence-electron chi connectivity index (χ3n) is 7.35. The maximum atomic E-state index is 13.5. The Morgan fingerprint density at radius 3 is 2.53 bits per heavy atom. The first-order valence-electron chi connectivity index (χ1n) is 10.6. The quantitative estimate of drug-likeness (QED) is 0.425. The zero-order valence-corrected chi connectivity index (χ0v) is 17.1. The van der Waals surface area contributed by atoms with Gasteiger partial charge in [0.1, 0.15) is 22.8 Å². The Bertz CT molecular complexity index is 1140. The van der Waals surface area contributed by atoms with Crippen LogP contribution in [0.15, 0.2) is 34.8 Å². The highest BCUT2D eigenvalue weighted by Gasteiger charge is 2.59. The number of carbonyl (C=O) groups excluding carboxylic acids is 3. The second kappa shape index (κ2) is 6.91. The van der Waals surface area contributed by atoms with Crippen molar-refractivity contribution < 1.29 is 39.5 Å². The van der Waals surface area contributed by atoms with Crippen molar-refractivity contribution in [2.45, 2.75) is 37.2 Å². The number of ether oxygens (including phenoxy) is 1. The summed E-state index contributed by atoms with van der Waals surface area (Å²) in [7, 11) is 0. The molecule has 1 heterocycles. The summed E-state index contributed by atoms with van der Waals surface area (Å²) in [6.07, 6.45) is 0.988. The molecule has 9 heteroatoms. The van der Waals surface area contributed by atoms with Crippen LogP contribution in [0.2, 0.25) is 0 Å². The number of phenols is 1. The van der Waals surface area contributed by atoms with Crippen molar-refractivity contribution in [1.82, 2.24) is 0 Å². The number of ketones is 2. The fourth-order valence-electron chi connectivity index (χ4n) is 5.81. The number of aromatic hydroxyl groups is 1. The van der Waals surface area contributed by atoms with Gasteiger partial charge < -0.3 is 30.9 Å². The molecule has 9 nitrogen and oxygen atoms in total. The van der Waals surface area contributed by atoms with Crippen molar-refractivity contribution in [1.29, 1.82) is 0 Å². The molecule has 32 heavy (non-hydrogen) atoms. The summed E-state index contributed by atoms with van der Waals surface area (Å²) in [5, 5.41) is 42.9. The number of carbonyl (C=O) groups is 3. The molecule has 1 saturated heterocycles. The number of benzene rings is 1. The van der Waals surface area contributed by atoms with Crippen LogP contribution >= 0.6 is 0 Å². The van der Waals surface area contributed by atoms with Crippen molar-refractivity contribution in [2.24, 2.45) is 17.6 Å². The van der Waals surface area contributed by atoms with E-state index in [1.165, 1.54) is 6.07 Å². The molecule has 1 aromatic rings. The maximum Gasteiger partial charge on any atom is 0.255 e. The first kappa shape index (κ1) is 20.7. The van der Waals surface area contributed by atoms with Gasteiger partial charge in [0.2, 0.25) is 5.78 Å². The summed E-state index contributed by atoms with van der Waals surface area (Å²) in [4.78, 5) is 38.1. The first-order chi connectivity index (χ1) is 15.2. The Morgan fingerprint density at radius 2 is 1.88 bits per heavy atom. The highest BCUT2D eigenvalue weighted by molar-refractivity contribution is 6.24. The largest absolute Gasteiger partial charge is 0.511 e. The molecular formula is C23H23NO8. The van der Waals surface area contributed by atoms with E-state index in [-0.39, 0.29) is 35.6 Å². The zero-order valence-electron chi connectivity index (χ0n) is 17.1. The number of aliphatic hydroxyl groups is 3. The van der Waals surface area contributed by atoms with Gasteiger partial charge >= 0.3 is 0 Å². The van der Waals surface area contributed by atoms with Gasteiger partial charge in [-0.3, -0.25) is 14.4 Å².